The zero-order chi connectivity index (χ0) is 15.9. The van der Waals surface area contributed by atoms with Crippen LogP contribution in [0.15, 0.2) is 39.9 Å². The average Bonchev–Trinajstić information content (AvgIpc) is 2.85. The van der Waals surface area contributed by atoms with Crippen molar-refractivity contribution in [1.29, 1.82) is 0 Å². The number of pyridine rings is 1. The normalized spacial score (nSPS) is 11.8. The monoisotopic (exact) mass is 325 g/mol. The predicted molar refractivity (Wildman–Crippen MR) is 73.7 cm³/mol. The van der Waals surface area contributed by atoms with Gasteiger partial charge in [-0.2, -0.15) is 0 Å². The minimum atomic E-state index is -4.13. The predicted octanol–water partition coefficient (Wildman–Crippen LogP) is 2.61. The molecule has 0 unspecified atom stereocenters. The van der Waals surface area contributed by atoms with Crippen molar-refractivity contribution in [1.82, 2.24) is 10.1 Å². The number of aryl methyl sites for hydroxylation is 1. The Balaban J connectivity index is 2.04. The van der Waals surface area contributed by atoms with Crippen LogP contribution < -0.4 is 4.72 Å². The fourth-order valence-corrected chi connectivity index (χ4v) is 2.89. The Morgan fingerprint density at radius 2 is 2.05 bits per heavy atom. The second-order valence-electron chi connectivity index (χ2n) is 4.50. The molecule has 3 rings (SSSR count). The van der Waals surface area contributed by atoms with Crippen molar-refractivity contribution in [2.24, 2.45) is 0 Å². The van der Waals surface area contributed by atoms with E-state index in [1.165, 1.54) is 12.1 Å². The summed E-state index contributed by atoms with van der Waals surface area (Å²) in [7, 11) is -4.13. The van der Waals surface area contributed by atoms with Gasteiger partial charge in [0.05, 0.1) is 23.0 Å². The molecule has 0 aliphatic rings. The van der Waals surface area contributed by atoms with Crippen LogP contribution in [-0.4, -0.2) is 18.6 Å². The molecule has 114 valence electrons. The Morgan fingerprint density at radius 3 is 2.82 bits per heavy atom. The Labute approximate surface area is 123 Å². The molecule has 2 aromatic heterocycles. The highest BCUT2D eigenvalue weighted by molar-refractivity contribution is 7.92. The quantitative estimate of drug-likeness (QED) is 0.800. The molecular formula is C13H9F2N3O3S. The van der Waals surface area contributed by atoms with Crippen LogP contribution in [0.4, 0.5) is 14.5 Å². The van der Waals surface area contributed by atoms with Crippen LogP contribution in [0, 0.1) is 18.6 Å². The summed E-state index contributed by atoms with van der Waals surface area (Å²) in [6.07, 6.45) is 1.05. The van der Waals surface area contributed by atoms with Gasteiger partial charge in [-0.05, 0) is 25.1 Å². The Hall–Kier alpha value is -2.55. The van der Waals surface area contributed by atoms with Gasteiger partial charge in [-0.3, -0.25) is 4.72 Å². The molecule has 0 aliphatic carbocycles. The molecule has 1 aromatic carbocycles. The Morgan fingerprint density at radius 1 is 1.27 bits per heavy atom. The third-order valence-corrected chi connectivity index (χ3v) is 4.32. The van der Waals surface area contributed by atoms with Gasteiger partial charge in [0.2, 0.25) is 0 Å². The fraction of sp³-hybridized carbons (Fsp3) is 0.0769. The molecule has 0 saturated heterocycles. The van der Waals surface area contributed by atoms with E-state index in [9.17, 15) is 17.2 Å². The van der Waals surface area contributed by atoms with Crippen LogP contribution in [0.25, 0.3) is 11.1 Å². The summed E-state index contributed by atoms with van der Waals surface area (Å²) < 4.78 is 58.1. The first kappa shape index (κ1) is 14.4. The molecular weight excluding hydrogens is 316 g/mol. The number of sulfonamides is 1. The summed E-state index contributed by atoms with van der Waals surface area (Å²) >= 11 is 0. The highest BCUT2D eigenvalue weighted by Gasteiger charge is 2.20. The Kier molecular flexibility index (Phi) is 3.28. The minimum absolute atomic E-state index is 0.188. The van der Waals surface area contributed by atoms with Gasteiger partial charge < -0.3 is 4.52 Å². The fourth-order valence-electron chi connectivity index (χ4n) is 1.86. The Bertz CT molecular complexity index is 970. The van der Waals surface area contributed by atoms with E-state index < -0.39 is 27.3 Å². The maximum absolute atomic E-state index is 13.6. The third-order valence-electron chi connectivity index (χ3n) is 2.99. The van der Waals surface area contributed by atoms with Crippen molar-refractivity contribution in [3.8, 4) is 0 Å². The van der Waals surface area contributed by atoms with E-state index in [-0.39, 0.29) is 10.6 Å². The number of nitrogens with zero attached hydrogens (tertiary/aromatic N) is 2. The molecule has 0 aliphatic heterocycles. The van der Waals surface area contributed by atoms with Crippen molar-refractivity contribution in [2.75, 3.05) is 4.72 Å². The summed E-state index contributed by atoms with van der Waals surface area (Å²) in [6, 6.07) is 4.50. The smallest absolute Gasteiger partial charge is 0.263 e. The number of rotatable bonds is 3. The molecule has 3 aromatic rings. The van der Waals surface area contributed by atoms with E-state index in [4.69, 9.17) is 4.52 Å². The molecule has 9 heteroatoms. The van der Waals surface area contributed by atoms with Crippen molar-refractivity contribution < 1.29 is 21.7 Å². The second-order valence-corrected chi connectivity index (χ2v) is 6.18. The molecule has 6 nitrogen and oxygen atoms in total. The summed E-state index contributed by atoms with van der Waals surface area (Å²) in [6.45, 7) is 1.63. The third kappa shape index (κ3) is 2.39. The number of fused-ring (bicyclic) bond motifs is 1. The minimum Gasteiger partial charge on any atom is -0.336 e. The van der Waals surface area contributed by atoms with E-state index >= 15 is 0 Å². The first-order valence-corrected chi connectivity index (χ1v) is 7.55. The largest absolute Gasteiger partial charge is 0.336 e. The molecule has 2 heterocycles. The van der Waals surface area contributed by atoms with Gasteiger partial charge in [0, 0.05) is 0 Å². The number of aromatic nitrogens is 2. The van der Waals surface area contributed by atoms with Crippen molar-refractivity contribution in [2.45, 2.75) is 11.8 Å². The number of benzene rings is 1. The lowest BCUT2D eigenvalue weighted by molar-refractivity contribution is 0.442. The summed E-state index contributed by atoms with van der Waals surface area (Å²) in [5.41, 5.74) is 0.173. The number of anilines is 1. The summed E-state index contributed by atoms with van der Waals surface area (Å²) in [5.74, 6) is -2.43. The standard InChI is InChI=1S/C13H9F2N3O3S/c1-7-9-5-8(6-16-13(9)21-17-7)22(19,20)18-11-4-2-3-10(14)12(11)15/h2-6,18H,1H3. The molecule has 0 bridgehead atoms. The molecule has 0 radical (unpaired) electrons. The molecule has 22 heavy (non-hydrogen) atoms. The van der Waals surface area contributed by atoms with Crippen molar-refractivity contribution in [3.63, 3.8) is 0 Å². The number of hydrogen-bond acceptors (Lipinski definition) is 5. The zero-order valence-electron chi connectivity index (χ0n) is 11.2. The number of halogens is 2. The lowest BCUT2D eigenvalue weighted by Gasteiger charge is -2.08. The first-order valence-electron chi connectivity index (χ1n) is 6.07. The van der Waals surface area contributed by atoms with Gasteiger partial charge in [0.25, 0.3) is 15.7 Å². The number of nitrogens with one attached hydrogen (secondary N) is 1. The molecule has 0 amide bonds. The highest BCUT2D eigenvalue weighted by atomic mass is 32.2. The second kappa shape index (κ2) is 5.02. The average molecular weight is 325 g/mol. The van der Waals surface area contributed by atoms with Crippen LogP contribution >= 0.6 is 0 Å². The van der Waals surface area contributed by atoms with Crippen LogP contribution in [0.1, 0.15) is 5.69 Å². The van der Waals surface area contributed by atoms with Gasteiger partial charge in [-0.1, -0.05) is 11.2 Å². The van der Waals surface area contributed by atoms with Gasteiger partial charge in [-0.15, -0.1) is 0 Å². The van der Waals surface area contributed by atoms with Crippen LogP contribution in [0.3, 0.4) is 0 Å². The van der Waals surface area contributed by atoms with Gasteiger partial charge >= 0.3 is 0 Å². The van der Waals surface area contributed by atoms with Gasteiger partial charge in [0.15, 0.2) is 11.6 Å². The lowest BCUT2D eigenvalue weighted by Crippen LogP contribution is -2.14. The van der Waals surface area contributed by atoms with Crippen LogP contribution in [0.2, 0.25) is 0 Å². The van der Waals surface area contributed by atoms with Crippen molar-refractivity contribution in [3.05, 3.63) is 47.8 Å². The summed E-state index contributed by atoms with van der Waals surface area (Å²) in [5, 5.41) is 4.09. The lowest BCUT2D eigenvalue weighted by atomic mass is 10.3. The highest BCUT2D eigenvalue weighted by Crippen LogP contribution is 2.23. The van der Waals surface area contributed by atoms with E-state index in [0.717, 1.165) is 18.3 Å². The van der Waals surface area contributed by atoms with E-state index in [2.05, 4.69) is 10.1 Å². The molecule has 0 fully saturated rings. The van der Waals surface area contributed by atoms with Gasteiger partial charge in [-0.25, -0.2) is 22.2 Å². The van der Waals surface area contributed by atoms with Crippen molar-refractivity contribution >= 4 is 26.8 Å². The van der Waals surface area contributed by atoms with Crippen LogP contribution in [-0.2, 0) is 10.0 Å². The topological polar surface area (TPSA) is 85.1 Å². The zero-order valence-corrected chi connectivity index (χ0v) is 12.0. The molecule has 0 spiro atoms. The first-order chi connectivity index (χ1) is 10.4. The maximum Gasteiger partial charge on any atom is 0.263 e. The molecule has 0 atom stereocenters. The number of hydrogen-bond donors (Lipinski definition) is 1. The van der Waals surface area contributed by atoms with E-state index in [0.29, 0.717) is 11.1 Å². The maximum atomic E-state index is 13.6. The van der Waals surface area contributed by atoms with E-state index in [1.807, 2.05) is 4.72 Å². The molecule has 1 N–H and O–H groups in total. The van der Waals surface area contributed by atoms with Crippen LogP contribution in [0.5, 0.6) is 0 Å². The van der Waals surface area contributed by atoms with E-state index in [1.54, 1.807) is 6.92 Å². The molecule has 0 saturated carbocycles. The van der Waals surface area contributed by atoms with Gasteiger partial charge in [0.1, 0.15) is 4.90 Å². The summed E-state index contributed by atoms with van der Waals surface area (Å²) in [4.78, 5) is 3.62. The SMILES string of the molecule is Cc1noc2ncc(S(=O)(=O)Nc3cccc(F)c3F)cc12.